The molecule has 0 N–H and O–H groups in total. The number of nitrogens with zero attached hydrogens (tertiary/aromatic N) is 2. The Labute approximate surface area is 45.7 Å². The normalized spacial score (nSPS) is 11.1. The summed E-state index contributed by atoms with van der Waals surface area (Å²) >= 11 is 0. The summed E-state index contributed by atoms with van der Waals surface area (Å²) in [6.45, 7) is 0.139. The van der Waals surface area contributed by atoms with Crippen LogP contribution in [0.4, 0.5) is 0 Å². The molecule has 0 rings (SSSR count). The summed E-state index contributed by atoms with van der Waals surface area (Å²) in [5.41, 5.74) is 0. The molecule has 0 bridgehead atoms. The lowest BCUT2D eigenvalue weighted by Crippen LogP contribution is -2.20. The minimum absolute atomic E-state index is 0.139. The molecule has 0 aliphatic rings. The van der Waals surface area contributed by atoms with Crippen LogP contribution in [0.5, 0.6) is 0 Å². The average Bonchev–Trinajstić information content (AvgIpc) is 1.27. The van der Waals surface area contributed by atoms with Crippen molar-refractivity contribution in [3.63, 3.8) is 0 Å². The summed E-state index contributed by atoms with van der Waals surface area (Å²) in [6, 6.07) is 0. The van der Waals surface area contributed by atoms with E-state index in [2.05, 4.69) is 0 Å². The Bertz CT molecular complexity index is 35.3. The van der Waals surface area contributed by atoms with E-state index in [1.165, 1.54) is 0 Å². The van der Waals surface area contributed by atoms with Gasteiger partial charge in [-0.2, -0.15) is 0 Å². The van der Waals surface area contributed by atoms with Gasteiger partial charge >= 0.3 is 0 Å². The van der Waals surface area contributed by atoms with Gasteiger partial charge in [-0.15, -0.1) is 0 Å². The fourth-order valence-electron chi connectivity index (χ4n) is 0.189. The highest BCUT2D eigenvalue weighted by Crippen LogP contribution is 1.82. The smallest absolute Gasteiger partial charge is 0.0522 e. The maximum atomic E-state index is 4.90. The molecule has 0 fully saturated rings. The summed E-state index contributed by atoms with van der Waals surface area (Å²) in [5, 5.41) is 0. The van der Waals surface area contributed by atoms with Crippen molar-refractivity contribution in [2.75, 3.05) is 6.67 Å². The van der Waals surface area contributed by atoms with E-state index in [0.29, 0.717) is 0 Å². The molecule has 36 valence electrons. The Hall–Kier alpha value is -0.0800. The molecular formula is C5H6N2. The molecule has 0 aliphatic carbocycles. The summed E-state index contributed by atoms with van der Waals surface area (Å²) in [6.07, 6.45) is 0. The molecule has 0 aromatic heterocycles. The zero-order valence-electron chi connectivity index (χ0n) is 3.91. The minimum Gasteiger partial charge on any atom is -0.278 e. The van der Waals surface area contributed by atoms with Crippen molar-refractivity contribution < 1.29 is 0 Å². The highest BCUT2D eigenvalue weighted by Gasteiger charge is 1.90. The van der Waals surface area contributed by atoms with Crippen molar-refractivity contribution >= 4 is 0 Å². The van der Waals surface area contributed by atoms with Crippen LogP contribution in [-0.2, 0) is 0 Å². The summed E-state index contributed by atoms with van der Waals surface area (Å²) < 4.78 is 0. The second-order valence-corrected chi connectivity index (χ2v) is 1.17. The van der Waals surface area contributed by atoms with Crippen LogP contribution in [0.2, 0.25) is 0 Å². The molecule has 0 spiro atoms. The second kappa shape index (κ2) is 2.99. The monoisotopic (exact) mass is 94.1 g/mol. The molecule has 7 heavy (non-hydrogen) atoms. The van der Waals surface area contributed by atoms with Gasteiger partial charge in [0.25, 0.3) is 0 Å². The van der Waals surface area contributed by atoms with Crippen LogP contribution in [-0.4, -0.2) is 16.5 Å². The van der Waals surface area contributed by atoms with E-state index in [1.54, 1.807) is 0 Å². The topological polar surface area (TPSA) is 6.48 Å². The molecule has 2 nitrogen and oxygen atoms in total. The summed E-state index contributed by atoms with van der Waals surface area (Å²) in [4.78, 5) is 1.75. The van der Waals surface area contributed by atoms with E-state index >= 15 is 0 Å². The Morgan fingerprint density at radius 2 is 1.14 bits per heavy atom. The van der Waals surface area contributed by atoms with Gasteiger partial charge in [-0.3, -0.25) is 9.80 Å². The quantitative estimate of drug-likeness (QED) is 0.357. The number of rotatable bonds is 2. The van der Waals surface area contributed by atoms with E-state index in [9.17, 15) is 0 Å². The first-order valence-electron chi connectivity index (χ1n) is 1.67. The van der Waals surface area contributed by atoms with Gasteiger partial charge < -0.3 is 0 Å². The van der Waals surface area contributed by atoms with E-state index in [1.807, 2.05) is 0 Å². The molecule has 2 heteroatoms. The molecule has 8 radical (unpaired) electrons. The molecule has 0 aromatic rings. The van der Waals surface area contributed by atoms with Gasteiger partial charge in [-0.1, -0.05) is 0 Å². The average molecular weight is 94.1 g/mol. The summed E-state index contributed by atoms with van der Waals surface area (Å²) in [5.74, 6) is 0. The highest BCUT2D eigenvalue weighted by atomic mass is 15.2. The van der Waals surface area contributed by atoms with Gasteiger partial charge in [-0.25, -0.2) is 0 Å². The van der Waals surface area contributed by atoms with E-state index < -0.39 is 0 Å². The Morgan fingerprint density at radius 1 is 0.857 bits per heavy atom. The minimum atomic E-state index is 0.139. The Morgan fingerprint density at radius 3 is 1.14 bits per heavy atom. The molecule has 0 atom stereocenters. The number of hydrogen-bond acceptors (Lipinski definition) is 2. The van der Waals surface area contributed by atoms with Crippen LogP contribution in [0.3, 0.4) is 0 Å². The summed E-state index contributed by atoms with van der Waals surface area (Å²) in [7, 11) is 19.6. The van der Waals surface area contributed by atoms with Gasteiger partial charge in [0.2, 0.25) is 0 Å². The fourth-order valence-corrected chi connectivity index (χ4v) is 0.189. The molecule has 0 saturated heterocycles. The zero-order chi connectivity index (χ0) is 5.86. The van der Waals surface area contributed by atoms with Crippen LogP contribution in [0, 0.1) is 28.2 Å². The van der Waals surface area contributed by atoms with Crippen LogP contribution in [0.25, 0.3) is 0 Å². The zero-order valence-corrected chi connectivity index (χ0v) is 3.91. The molecule has 0 aliphatic heterocycles. The standard InChI is InChI=1S/C5H6N2/c1-6(2)5-7(3)4/h1-4H,5H2. The van der Waals surface area contributed by atoms with Crippen LogP contribution in [0.1, 0.15) is 0 Å². The van der Waals surface area contributed by atoms with Gasteiger partial charge in [-0.05, 0) is 0 Å². The van der Waals surface area contributed by atoms with E-state index in [-0.39, 0.29) is 6.67 Å². The van der Waals surface area contributed by atoms with E-state index in [0.717, 1.165) is 9.80 Å². The lowest BCUT2D eigenvalue weighted by atomic mass is 10.8. The van der Waals surface area contributed by atoms with Crippen molar-refractivity contribution in [3.05, 3.63) is 28.2 Å². The number of hydrogen-bond donors (Lipinski definition) is 0. The van der Waals surface area contributed by atoms with Crippen LogP contribution in [0.15, 0.2) is 0 Å². The second-order valence-electron chi connectivity index (χ2n) is 1.17. The largest absolute Gasteiger partial charge is 0.278 e. The van der Waals surface area contributed by atoms with Crippen molar-refractivity contribution in [3.8, 4) is 0 Å². The maximum absolute atomic E-state index is 4.90. The van der Waals surface area contributed by atoms with Gasteiger partial charge in [0.1, 0.15) is 0 Å². The fraction of sp³-hybridized carbons (Fsp3) is 0.200. The Balaban J connectivity index is 2.95. The third kappa shape index (κ3) is 5.92. The first kappa shape index (κ1) is 6.92. The van der Waals surface area contributed by atoms with Gasteiger partial charge in [0.15, 0.2) is 0 Å². The highest BCUT2D eigenvalue weighted by molar-refractivity contribution is 4.53. The molecular weight excluding hydrogens is 88.1 g/mol. The third-order valence-electron chi connectivity index (χ3n) is 0.327. The van der Waals surface area contributed by atoms with Crippen LogP contribution >= 0.6 is 0 Å². The maximum Gasteiger partial charge on any atom is 0.0522 e. The predicted octanol–water partition coefficient (Wildman–Crippen LogP) is 0.222. The van der Waals surface area contributed by atoms with Crippen molar-refractivity contribution in [1.82, 2.24) is 9.80 Å². The third-order valence-corrected chi connectivity index (χ3v) is 0.327. The molecule has 0 amide bonds. The molecule has 0 unspecified atom stereocenters. The van der Waals surface area contributed by atoms with Gasteiger partial charge in [0, 0.05) is 28.2 Å². The first-order valence-corrected chi connectivity index (χ1v) is 1.67. The molecule has 0 saturated carbocycles. The molecule has 0 heterocycles. The predicted molar refractivity (Wildman–Crippen MR) is 25.7 cm³/mol. The van der Waals surface area contributed by atoms with Crippen molar-refractivity contribution in [2.24, 2.45) is 0 Å². The van der Waals surface area contributed by atoms with Crippen molar-refractivity contribution in [1.29, 1.82) is 0 Å². The van der Waals surface area contributed by atoms with Gasteiger partial charge in [0.05, 0.1) is 6.67 Å². The lowest BCUT2D eigenvalue weighted by molar-refractivity contribution is 0.329. The Kier molecular flexibility index (Phi) is 2.96. The van der Waals surface area contributed by atoms with Crippen molar-refractivity contribution in [2.45, 2.75) is 0 Å². The first-order chi connectivity index (χ1) is 3.13. The molecule has 0 aromatic carbocycles. The van der Waals surface area contributed by atoms with Crippen LogP contribution < -0.4 is 0 Å². The lowest BCUT2D eigenvalue weighted by Gasteiger charge is -2.12. The SMILES string of the molecule is [CH]N([CH])CN([CH])[CH]. The van der Waals surface area contributed by atoms with E-state index in [4.69, 9.17) is 28.2 Å².